The first-order valence-electron chi connectivity index (χ1n) is 10.8. The second kappa shape index (κ2) is 10.5. The molecule has 4 rings (SSSR count). The van der Waals surface area contributed by atoms with Gasteiger partial charge in [0.15, 0.2) is 0 Å². The fraction of sp³-hybridized carbons (Fsp3) is 0.148. The molecule has 1 heterocycles. The molecular formula is C27H26N4O3. The van der Waals surface area contributed by atoms with Crippen LogP contribution in [0.25, 0.3) is 11.3 Å². The third-order valence-corrected chi connectivity index (χ3v) is 5.35. The van der Waals surface area contributed by atoms with Gasteiger partial charge in [-0.05, 0) is 37.3 Å². The van der Waals surface area contributed by atoms with Crippen molar-refractivity contribution in [3.63, 3.8) is 0 Å². The molecule has 0 saturated carbocycles. The topological polar surface area (TPSA) is 85.4 Å². The van der Waals surface area contributed by atoms with Crippen molar-refractivity contribution in [3.05, 3.63) is 95.8 Å². The number of anilines is 2. The van der Waals surface area contributed by atoms with Crippen LogP contribution in [-0.4, -0.2) is 30.1 Å². The summed E-state index contributed by atoms with van der Waals surface area (Å²) in [7, 11) is 3.19. The van der Waals surface area contributed by atoms with Crippen molar-refractivity contribution in [2.24, 2.45) is 0 Å². The number of nitrogens with zero attached hydrogens (tertiary/aromatic N) is 2. The number of hydrogen-bond donors (Lipinski definition) is 2. The van der Waals surface area contributed by atoms with Crippen LogP contribution in [-0.2, 0) is 6.54 Å². The number of aromatic nitrogens is 2. The first-order chi connectivity index (χ1) is 16.6. The lowest BCUT2D eigenvalue weighted by Gasteiger charge is -2.12. The zero-order valence-electron chi connectivity index (χ0n) is 19.3. The van der Waals surface area contributed by atoms with Crippen LogP contribution < -0.4 is 20.1 Å². The average Bonchev–Trinajstić information content (AvgIpc) is 2.88. The lowest BCUT2D eigenvalue weighted by molar-refractivity contribution is 0.0950. The van der Waals surface area contributed by atoms with Gasteiger partial charge in [-0.15, -0.1) is 0 Å². The van der Waals surface area contributed by atoms with E-state index in [1.165, 1.54) is 11.9 Å². The van der Waals surface area contributed by atoms with E-state index in [0.29, 0.717) is 29.4 Å². The summed E-state index contributed by atoms with van der Waals surface area (Å²) in [4.78, 5) is 21.5. The lowest BCUT2D eigenvalue weighted by Crippen LogP contribution is -2.23. The van der Waals surface area contributed by atoms with Gasteiger partial charge in [-0.3, -0.25) is 4.79 Å². The van der Waals surface area contributed by atoms with Gasteiger partial charge >= 0.3 is 0 Å². The van der Waals surface area contributed by atoms with Gasteiger partial charge in [0.05, 0.1) is 19.9 Å². The Hall–Kier alpha value is -4.39. The molecular weight excluding hydrogens is 428 g/mol. The van der Waals surface area contributed by atoms with Crippen LogP contribution >= 0.6 is 0 Å². The van der Waals surface area contributed by atoms with E-state index in [0.717, 1.165) is 22.5 Å². The van der Waals surface area contributed by atoms with Crippen LogP contribution in [0.15, 0.2) is 79.1 Å². The zero-order valence-corrected chi connectivity index (χ0v) is 19.3. The number of ether oxygens (including phenoxy) is 2. The van der Waals surface area contributed by atoms with E-state index in [1.54, 1.807) is 32.4 Å². The molecule has 0 bridgehead atoms. The molecule has 0 aliphatic carbocycles. The summed E-state index contributed by atoms with van der Waals surface area (Å²) in [6.45, 7) is 2.38. The molecule has 1 amide bonds. The smallest absolute Gasteiger partial charge is 0.251 e. The molecule has 0 saturated heterocycles. The highest BCUT2D eigenvalue weighted by Crippen LogP contribution is 2.25. The summed E-state index contributed by atoms with van der Waals surface area (Å²) < 4.78 is 10.6. The fourth-order valence-corrected chi connectivity index (χ4v) is 3.47. The Bertz CT molecular complexity index is 1290. The quantitative estimate of drug-likeness (QED) is 0.383. The molecule has 172 valence electrons. The van der Waals surface area contributed by atoms with E-state index in [1.807, 2.05) is 61.5 Å². The van der Waals surface area contributed by atoms with E-state index in [2.05, 4.69) is 20.6 Å². The summed E-state index contributed by atoms with van der Waals surface area (Å²) >= 11 is 0. The van der Waals surface area contributed by atoms with Crippen molar-refractivity contribution in [1.82, 2.24) is 15.3 Å². The molecule has 3 aromatic carbocycles. The van der Waals surface area contributed by atoms with Gasteiger partial charge in [-0.25, -0.2) is 9.97 Å². The summed E-state index contributed by atoms with van der Waals surface area (Å²) in [5.74, 6) is 1.81. The van der Waals surface area contributed by atoms with Crippen LogP contribution in [0, 0.1) is 6.92 Å². The van der Waals surface area contributed by atoms with Crippen molar-refractivity contribution >= 4 is 17.4 Å². The Kier molecular flexibility index (Phi) is 7.03. The van der Waals surface area contributed by atoms with Gasteiger partial charge in [-0.2, -0.15) is 0 Å². The molecule has 2 N–H and O–H groups in total. The first-order valence-corrected chi connectivity index (χ1v) is 10.8. The zero-order chi connectivity index (χ0) is 23.9. The number of benzene rings is 3. The van der Waals surface area contributed by atoms with Gasteiger partial charge in [0, 0.05) is 41.1 Å². The number of carbonyl (C=O) groups excluding carboxylic acids is 1. The number of aryl methyl sites for hydroxylation is 1. The van der Waals surface area contributed by atoms with Crippen molar-refractivity contribution in [2.45, 2.75) is 13.5 Å². The Labute approximate surface area is 198 Å². The summed E-state index contributed by atoms with van der Waals surface area (Å²) in [6.07, 6.45) is 1.52. The maximum atomic E-state index is 12.8. The second-order valence-corrected chi connectivity index (χ2v) is 7.72. The van der Waals surface area contributed by atoms with Crippen LogP contribution in [0.4, 0.5) is 11.5 Å². The van der Waals surface area contributed by atoms with E-state index in [9.17, 15) is 4.79 Å². The van der Waals surface area contributed by atoms with E-state index in [-0.39, 0.29) is 5.91 Å². The van der Waals surface area contributed by atoms with Gasteiger partial charge in [0.2, 0.25) is 0 Å². The minimum Gasteiger partial charge on any atom is -0.497 e. The molecule has 0 unspecified atom stereocenters. The Morgan fingerprint density at radius 3 is 2.50 bits per heavy atom. The number of methoxy groups -OCH3 is 2. The Morgan fingerprint density at radius 1 is 0.912 bits per heavy atom. The molecule has 0 fully saturated rings. The second-order valence-electron chi connectivity index (χ2n) is 7.72. The maximum absolute atomic E-state index is 12.8. The van der Waals surface area contributed by atoms with E-state index < -0.39 is 0 Å². The van der Waals surface area contributed by atoms with Crippen LogP contribution in [0.3, 0.4) is 0 Å². The Balaban J connectivity index is 1.44. The van der Waals surface area contributed by atoms with E-state index >= 15 is 0 Å². The third kappa shape index (κ3) is 5.50. The highest BCUT2D eigenvalue weighted by Gasteiger charge is 2.10. The summed E-state index contributed by atoms with van der Waals surface area (Å²) in [5, 5.41) is 6.20. The van der Waals surface area contributed by atoms with Crippen LogP contribution in [0.1, 0.15) is 21.5 Å². The Morgan fingerprint density at radius 2 is 1.74 bits per heavy atom. The minimum absolute atomic E-state index is 0.190. The monoisotopic (exact) mass is 454 g/mol. The molecule has 7 heteroatoms. The molecule has 0 spiro atoms. The number of amides is 1. The largest absolute Gasteiger partial charge is 0.497 e. The van der Waals surface area contributed by atoms with Gasteiger partial charge in [0.1, 0.15) is 23.6 Å². The highest BCUT2D eigenvalue weighted by atomic mass is 16.5. The van der Waals surface area contributed by atoms with Crippen LogP contribution in [0.5, 0.6) is 11.5 Å². The van der Waals surface area contributed by atoms with Crippen molar-refractivity contribution in [1.29, 1.82) is 0 Å². The molecule has 0 radical (unpaired) electrons. The van der Waals surface area contributed by atoms with Crippen LogP contribution in [0.2, 0.25) is 0 Å². The lowest BCUT2D eigenvalue weighted by atomic mass is 10.1. The van der Waals surface area contributed by atoms with Crippen molar-refractivity contribution < 1.29 is 14.3 Å². The molecule has 34 heavy (non-hydrogen) atoms. The normalized spacial score (nSPS) is 10.4. The molecule has 0 aliphatic rings. The molecule has 0 atom stereocenters. The predicted octanol–water partition coefficient (Wildman–Crippen LogP) is 5.14. The summed E-state index contributed by atoms with van der Waals surface area (Å²) in [6, 6.07) is 22.8. The summed E-state index contributed by atoms with van der Waals surface area (Å²) in [5.41, 5.74) is 5.17. The number of nitrogens with one attached hydrogen (secondary N) is 2. The van der Waals surface area contributed by atoms with Gasteiger partial charge < -0.3 is 20.1 Å². The number of carbonyl (C=O) groups is 1. The van der Waals surface area contributed by atoms with Crippen molar-refractivity contribution in [2.75, 3.05) is 19.5 Å². The molecule has 1 aromatic heterocycles. The molecule has 0 aliphatic heterocycles. The maximum Gasteiger partial charge on any atom is 0.251 e. The number of rotatable bonds is 8. The predicted molar refractivity (Wildman–Crippen MR) is 133 cm³/mol. The standard InChI is InChI=1S/C27H26N4O3/c1-18-7-9-19(10-8-18)24-15-26(30-17-29-24)31-22-6-4-5-20(13-22)27(32)28-16-21-11-12-23(33-2)14-25(21)34-3/h4-15,17H,16H2,1-3H3,(H,28,32)(H,29,30,31). The SMILES string of the molecule is COc1ccc(CNC(=O)c2cccc(Nc3cc(-c4ccc(C)cc4)ncn3)c2)c(OC)c1. The third-order valence-electron chi connectivity index (χ3n) is 5.35. The molecule has 7 nitrogen and oxygen atoms in total. The van der Waals surface area contributed by atoms with Crippen molar-refractivity contribution in [3.8, 4) is 22.8 Å². The minimum atomic E-state index is -0.190. The fourth-order valence-electron chi connectivity index (χ4n) is 3.47. The van der Waals surface area contributed by atoms with Gasteiger partial charge in [0.25, 0.3) is 5.91 Å². The first kappa shape index (κ1) is 22.8. The number of hydrogen-bond acceptors (Lipinski definition) is 6. The highest BCUT2D eigenvalue weighted by molar-refractivity contribution is 5.95. The molecule has 4 aromatic rings. The van der Waals surface area contributed by atoms with E-state index in [4.69, 9.17) is 9.47 Å². The average molecular weight is 455 g/mol. The van der Waals surface area contributed by atoms with Gasteiger partial charge in [-0.1, -0.05) is 35.9 Å².